The molecule has 0 unspecified atom stereocenters. The number of hydrogen-bond donors (Lipinski definition) is 4. The third kappa shape index (κ3) is 7.90. The number of nitrogens with one attached hydrogen (secondary N) is 4. The number of nitrogens with zero attached hydrogens (tertiary/aromatic N) is 3. The lowest BCUT2D eigenvalue weighted by molar-refractivity contribution is -0.115. The Morgan fingerprint density at radius 1 is 0.861 bits per heavy atom. The van der Waals surface area contributed by atoms with Gasteiger partial charge in [-0.25, -0.2) is 4.98 Å². The molecule has 3 fully saturated rings. The number of rotatable bonds is 9. The van der Waals surface area contributed by atoms with Crippen molar-refractivity contribution in [1.29, 1.82) is 5.41 Å². The van der Waals surface area contributed by atoms with Gasteiger partial charge in [0.2, 0.25) is 0 Å². The van der Waals surface area contributed by atoms with Crippen LogP contribution in [0.4, 0.5) is 11.6 Å². The fourth-order valence-corrected chi connectivity index (χ4v) is 5.89. The molecular weight excluding hydrogens is 450 g/mol. The molecule has 2 saturated heterocycles. The normalized spacial score (nSPS) is 21.4. The molecule has 2 aliphatic heterocycles. The van der Waals surface area contributed by atoms with E-state index in [9.17, 15) is 4.79 Å². The number of amides is 1. The lowest BCUT2D eigenvalue weighted by Crippen LogP contribution is -2.48. The van der Waals surface area contributed by atoms with Crippen LogP contribution in [0.5, 0.6) is 0 Å². The van der Waals surface area contributed by atoms with Crippen molar-refractivity contribution in [3.8, 4) is 0 Å². The highest BCUT2D eigenvalue weighted by atomic mass is 16.1. The molecule has 8 nitrogen and oxygen atoms in total. The van der Waals surface area contributed by atoms with Crippen LogP contribution in [0.15, 0.2) is 12.1 Å². The third-order valence-corrected chi connectivity index (χ3v) is 8.19. The summed E-state index contributed by atoms with van der Waals surface area (Å²) in [4.78, 5) is 22.8. The molecule has 1 aromatic heterocycles. The average Bonchev–Trinajstić information content (AvgIpc) is 2.90. The van der Waals surface area contributed by atoms with Gasteiger partial charge >= 0.3 is 0 Å². The Bertz CT molecular complexity index is 838. The number of likely N-dealkylation sites (tertiary alicyclic amines) is 2. The van der Waals surface area contributed by atoms with Crippen LogP contribution in [-0.4, -0.2) is 84.8 Å². The summed E-state index contributed by atoms with van der Waals surface area (Å²) in [5.74, 6) is 1.10. The van der Waals surface area contributed by atoms with Gasteiger partial charge in [0.15, 0.2) is 0 Å². The van der Waals surface area contributed by atoms with Crippen LogP contribution in [0.1, 0.15) is 82.6 Å². The number of carbonyl (C=O) groups excluding carboxylic acids is 1. The summed E-state index contributed by atoms with van der Waals surface area (Å²) in [7, 11) is 1.80. The molecule has 0 atom stereocenters. The molecular formula is C28H47N7O. The molecule has 1 amide bonds. The molecule has 3 heterocycles. The molecule has 0 radical (unpaired) electrons. The molecule has 1 saturated carbocycles. The van der Waals surface area contributed by atoms with Gasteiger partial charge in [0, 0.05) is 50.9 Å². The Labute approximate surface area is 217 Å². The lowest BCUT2D eigenvalue weighted by Gasteiger charge is -2.34. The standard InChI is InChI=1S/C28H47N7O/c1-30-27-24(12-13-25(33-27)31-22-10-6-3-2-4-7-11-22)26(29)28(36)32-23-14-18-35(19-15-23)21-20-34-16-8-5-9-17-34/h12-13,22-23,29H,2-11,14-21H2,1H3,(H,32,36)(H2,30,31,33). The fraction of sp³-hybridized carbons (Fsp3) is 0.750. The maximum atomic E-state index is 12.9. The summed E-state index contributed by atoms with van der Waals surface area (Å²) in [6, 6.07) is 4.35. The van der Waals surface area contributed by atoms with E-state index in [4.69, 9.17) is 10.4 Å². The summed E-state index contributed by atoms with van der Waals surface area (Å²) >= 11 is 0. The largest absolute Gasteiger partial charge is 0.373 e. The van der Waals surface area contributed by atoms with E-state index in [0.717, 1.165) is 44.8 Å². The van der Waals surface area contributed by atoms with E-state index < -0.39 is 0 Å². The van der Waals surface area contributed by atoms with Crippen LogP contribution in [0.2, 0.25) is 0 Å². The van der Waals surface area contributed by atoms with Gasteiger partial charge < -0.3 is 25.8 Å². The first-order valence-corrected chi connectivity index (χ1v) is 14.4. The highest BCUT2D eigenvalue weighted by molar-refractivity contribution is 6.45. The number of hydrogen-bond acceptors (Lipinski definition) is 7. The molecule has 4 rings (SSSR count). The van der Waals surface area contributed by atoms with E-state index >= 15 is 0 Å². The van der Waals surface area contributed by atoms with Crippen molar-refractivity contribution in [2.45, 2.75) is 89.1 Å². The van der Waals surface area contributed by atoms with Crippen molar-refractivity contribution in [2.75, 3.05) is 56.9 Å². The van der Waals surface area contributed by atoms with Crippen molar-refractivity contribution in [2.24, 2.45) is 0 Å². The van der Waals surface area contributed by atoms with Crippen molar-refractivity contribution < 1.29 is 4.79 Å². The molecule has 0 spiro atoms. The minimum Gasteiger partial charge on any atom is -0.373 e. The summed E-state index contributed by atoms with van der Waals surface area (Å²) in [6.45, 7) is 6.79. The molecule has 1 aliphatic carbocycles. The van der Waals surface area contributed by atoms with Crippen LogP contribution in [0.25, 0.3) is 0 Å². The first kappa shape index (κ1) is 26.9. The Balaban J connectivity index is 1.24. The smallest absolute Gasteiger partial charge is 0.270 e. The second kappa shape index (κ2) is 13.9. The Morgan fingerprint density at radius 3 is 2.14 bits per heavy atom. The highest BCUT2D eigenvalue weighted by Crippen LogP contribution is 2.23. The minimum absolute atomic E-state index is 0.0168. The van der Waals surface area contributed by atoms with Crippen molar-refractivity contribution in [3.05, 3.63) is 17.7 Å². The van der Waals surface area contributed by atoms with Crippen molar-refractivity contribution in [3.63, 3.8) is 0 Å². The van der Waals surface area contributed by atoms with Crippen LogP contribution in [0, 0.1) is 5.41 Å². The fourth-order valence-electron chi connectivity index (χ4n) is 5.89. The third-order valence-electron chi connectivity index (χ3n) is 8.19. The SMILES string of the molecule is CNc1nc(NC2CCCCCCC2)ccc1C(=N)C(=O)NC1CCN(CCN2CCCCC2)CC1. The van der Waals surface area contributed by atoms with Gasteiger partial charge in [-0.2, -0.15) is 0 Å². The predicted octanol–water partition coefficient (Wildman–Crippen LogP) is 4.08. The molecule has 0 bridgehead atoms. The predicted molar refractivity (Wildman–Crippen MR) is 148 cm³/mol. The Hall–Kier alpha value is -2.19. The van der Waals surface area contributed by atoms with Crippen LogP contribution in [0.3, 0.4) is 0 Å². The quantitative estimate of drug-likeness (QED) is 0.384. The van der Waals surface area contributed by atoms with Crippen LogP contribution >= 0.6 is 0 Å². The van der Waals surface area contributed by atoms with Crippen LogP contribution < -0.4 is 16.0 Å². The molecule has 1 aromatic rings. The zero-order chi connectivity index (χ0) is 25.2. The summed E-state index contributed by atoms with van der Waals surface area (Å²) in [5, 5.41) is 18.4. The van der Waals surface area contributed by atoms with Gasteiger partial charge in [-0.15, -0.1) is 0 Å². The van der Waals surface area contributed by atoms with Gasteiger partial charge in [0.25, 0.3) is 5.91 Å². The van der Waals surface area contributed by atoms with Gasteiger partial charge in [-0.3, -0.25) is 10.2 Å². The minimum atomic E-state index is -0.305. The number of aromatic nitrogens is 1. The second-order valence-electron chi connectivity index (χ2n) is 10.9. The van der Waals surface area contributed by atoms with E-state index in [1.54, 1.807) is 7.05 Å². The Morgan fingerprint density at radius 2 is 1.47 bits per heavy atom. The zero-order valence-corrected chi connectivity index (χ0v) is 22.3. The number of piperidine rings is 2. The molecule has 3 aliphatic rings. The molecule has 36 heavy (non-hydrogen) atoms. The van der Waals surface area contributed by atoms with Gasteiger partial charge in [0.1, 0.15) is 17.3 Å². The van der Waals surface area contributed by atoms with Crippen LogP contribution in [-0.2, 0) is 4.79 Å². The van der Waals surface area contributed by atoms with Gasteiger partial charge in [-0.05, 0) is 63.7 Å². The Kier molecular flexibility index (Phi) is 10.4. The lowest BCUT2D eigenvalue weighted by atomic mass is 9.97. The first-order chi connectivity index (χ1) is 17.6. The average molecular weight is 498 g/mol. The molecule has 200 valence electrons. The van der Waals surface area contributed by atoms with E-state index in [1.807, 2.05) is 12.1 Å². The highest BCUT2D eigenvalue weighted by Gasteiger charge is 2.24. The number of anilines is 2. The monoisotopic (exact) mass is 497 g/mol. The molecule has 8 heteroatoms. The maximum absolute atomic E-state index is 12.9. The summed E-state index contributed by atoms with van der Waals surface area (Å²) in [5.41, 5.74) is 0.536. The van der Waals surface area contributed by atoms with Crippen molar-refractivity contribution in [1.82, 2.24) is 20.1 Å². The summed E-state index contributed by atoms with van der Waals surface area (Å²) in [6.07, 6.45) is 14.8. The van der Waals surface area contributed by atoms with Gasteiger partial charge in [0.05, 0.1) is 0 Å². The molecule has 4 N–H and O–H groups in total. The van der Waals surface area contributed by atoms with Crippen molar-refractivity contribution >= 4 is 23.3 Å². The van der Waals surface area contributed by atoms with E-state index in [2.05, 4.69) is 25.8 Å². The first-order valence-electron chi connectivity index (χ1n) is 14.4. The zero-order valence-electron chi connectivity index (χ0n) is 22.3. The number of pyridine rings is 1. The van der Waals surface area contributed by atoms with Gasteiger partial charge in [-0.1, -0.05) is 38.5 Å². The second-order valence-corrected chi connectivity index (χ2v) is 10.9. The molecule has 0 aromatic carbocycles. The maximum Gasteiger partial charge on any atom is 0.270 e. The summed E-state index contributed by atoms with van der Waals surface area (Å²) < 4.78 is 0. The number of carbonyl (C=O) groups is 1. The van der Waals surface area contributed by atoms with E-state index in [1.165, 1.54) is 77.3 Å². The topological polar surface area (TPSA) is 96.4 Å². The van der Waals surface area contributed by atoms with E-state index in [0.29, 0.717) is 17.4 Å². The van der Waals surface area contributed by atoms with E-state index in [-0.39, 0.29) is 17.7 Å².